The van der Waals surface area contributed by atoms with Crippen LogP contribution in [0.3, 0.4) is 0 Å². The average molecular weight is 388 g/mol. The summed E-state index contributed by atoms with van der Waals surface area (Å²) in [5.74, 6) is 0.168. The summed E-state index contributed by atoms with van der Waals surface area (Å²) in [4.78, 5) is 11.6. The van der Waals surface area contributed by atoms with E-state index in [1.54, 1.807) is 0 Å². The lowest BCUT2D eigenvalue weighted by atomic mass is 10.1. The minimum atomic E-state index is 0.168. The van der Waals surface area contributed by atoms with E-state index in [1.807, 2.05) is 7.05 Å². The van der Waals surface area contributed by atoms with Crippen LogP contribution in [0.25, 0.3) is 0 Å². The summed E-state index contributed by atoms with van der Waals surface area (Å²) < 4.78 is 1.28. The van der Waals surface area contributed by atoms with Crippen molar-refractivity contribution in [3.8, 4) is 0 Å². The number of aryl methyl sites for hydroxylation is 1. The molecule has 1 aromatic rings. The van der Waals surface area contributed by atoms with Gasteiger partial charge in [-0.2, -0.15) is 0 Å². The zero-order valence-corrected chi connectivity index (χ0v) is 14.6. The molecule has 1 amide bonds. The summed E-state index contributed by atoms with van der Waals surface area (Å²) in [6, 6.07) is 9.00. The number of rotatable bonds is 9. The summed E-state index contributed by atoms with van der Waals surface area (Å²) in [7, 11) is 1.90. The molecular weight excluding hydrogens is 363 g/mol. The molecule has 0 bridgehead atoms. The lowest BCUT2D eigenvalue weighted by Crippen LogP contribution is -2.37. The first kappa shape index (κ1) is 17.4. The van der Waals surface area contributed by atoms with Crippen LogP contribution in [0.2, 0.25) is 0 Å². The second kappa shape index (κ2) is 10.2. The average Bonchev–Trinajstić information content (AvgIpc) is 2.46. The molecule has 112 valence electrons. The molecule has 1 unspecified atom stereocenters. The summed E-state index contributed by atoms with van der Waals surface area (Å²) in [5.41, 5.74) is 1.39. The highest BCUT2D eigenvalue weighted by Gasteiger charge is 2.03. The second-order valence-electron chi connectivity index (χ2n) is 5.18. The predicted octanol–water partition coefficient (Wildman–Crippen LogP) is 3.12. The zero-order chi connectivity index (χ0) is 14.8. The smallest absolute Gasteiger partial charge is 0.220 e. The van der Waals surface area contributed by atoms with E-state index < -0.39 is 0 Å². The summed E-state index contributed by atoms with van der Waals surface area (Å²) in [5, 5.41) is 6.05. The molecule has 1 aromatic carbocycles. The van der Waals surface area contributed by atoms with Gasteiger partial charge in [0.15, 0.2) is 0 Å². The Morgan fingerprint density at radius 1 is 1.20 bits per heavy atom. The molecule has 0 radical (unpaired) electrons. The fraction of sp³-hybridized carbons (Fsp3) is 0.562. The van der Waals surface area contributed by atoms with Crippen LogP contribution in [0.4, 0.5) is 0 Å². The number of unbranched alkanes of at least 4 members (excludes halogenated alkanes) is 2. The third kappa shape index (κ3) is 7.85. The number of carbonyl (C=O) groups is 1. The minimum absolute atomic E-state index is 0.168. The first-order valence-electron chi connectivity index (χ1n) is 7.30. The Morgan fingerprint density at radius 3 is 2.55 bits per heavy atom. The Labute approximate surface area is 136 Å². The molecule has 0 saturated heterocycles. The molecule has 1 atom stereocenters. The quantitative estimate of drug-likeness (QED) is 0.504. The number of likely N-dealkylation sites (N-methyl/N-ethyl adjacent to an activating group) is 1. The van der Waals surface area contributed by atoms with Gasteiger partial charge in [0.2, 0.25) is 5.91 Å². The number of benzene rings is 1. The first-order valence-corrected chi connectivity index (χ1v) is 8.38. The van der Waals surface area contributed by atoms with Gasteiger partial charge >= 0.3 is 0 Å². The van der Waals surface area contributed by atoms with Gasteiger partial charge in [-0.1, -0.05) is 18.6 Å². The maximum Gasteiger partial charge on any atom is 0.220 e. The SMILES string of the molecule is CNC(C)CNC(=O)CCCCCc1ccc(I)cc1. The van der Waals surface area contributed by atoms with Gasteiger partial charge in [0.1, 0.15) is 0 Å². The molecule has 0 fully saturated rings. The van der Waals surface area contributed by atoms with Crippen molar-refractivity contribution < 1.29 is 4.79 Å². The van der Waals surface area contributed by atoms with Gasteiger partial charge in [-0.3, -0.25) is 4.79 Å². The third-order valence-corrected chi connectivity index (χ3v) is 4.10. The summed E-state index contributed by atoms with van der Waals surface area (Å²) in [6.07, 6.45) is 4.99. The largest absolute Gasteiger partial charge is 0.355 e. The highest BCUT2D eigenvalue weighted by Crippen LogP contribution is 2.10. The van der Waals surface area contributed by atoms with E-state index in [-0.39, 0.29) is 5.91 Å². The predicted molar refractivity (Wildman–Crippen MR) is 92.9 cm³/mol. The van der Waals surface area contributed by atoms with E-state index in [2.05, 4.69) is 64.4 Å². The van der Waals surface area contributed by atoms with Crippen molar-refractivity contribution in [2.45, 2.75) is 45.1 Å². The zero-order valence-electron chi connectivity index (χ0n) is 12.4. The highest BCUT2D eigenvalue weighted by molar-refractivity contribution is 14.1. The van der Waals surface area contributed by atoms with Crippen LogP contribution in [-0.2, 0) is 11.2 Å². The molecule has 0 heterocycles. The molecule has 0 aliphatic heterocycles. The fourth-order valence-corrected chi connectivity index (χ4v) is 2.26. The van der Waals surface area contributed by atoms with E-state index in [9.17, 15) is 4.79 Å². The van der Waals surface area contributed by atoms with Crippen molar-refractivity contribution >= 4 is 28.5 Å². The third-order valence-electron chi connectivity index (χ3n) is 3.38. The van der Waals surface area contributed by atoms with Crippen LogP contribution in [0.5, 0.6) is 0 Å². The van der Waals surface area contributed by atoms with Crippen molar-refractivity contribution in [2.75, 3.05) is 13.6 Å². The van der Waals surface area contributed by atoms with Crippen molar-refractivity contribution in [3.05, 3.63) is 33.4 Å². The van der Waals surface area contributed by atoms with Crippen molar-refractivity contribution in [2.24, 2.45) is 0 Å². The van der Waals surface area contributed by atoms with Gasteiger partial charge < -0.3 is 10.6 Å². The van der Waals surface area contributed by atoms with E-state index in [4.69, 9.17) is 0 Å². The van der Waals surface area contributed by atoms with Crippen LogP contribution in [0, 0.1) is 3.57 Å². The monoisotopic (exact) mass is 388 g/mol. The standard InChI is InChI=1S/C16H25IN2O/c1-13(18-2)12-19-16(20)7-5-3-4-6-14-8-10-15(17)11-9-14/h8-11,13,18H,3-7,12H2,1-2H3,(H,19,20). The van der Waals surface area contributed by atoms with Crippen molar-refractivity contribution in [1.29, 1.82) is 0 Å². The van der Waals surface area contributed by atoms with Crippen LogP contribution in [0.15, 0.2) is 24.3 Å². The molecular formula is C16H25IN2O. The molecule has 20 heavy (non-hydrogen) atoms. The molecule has 4 heteroatoms. The van der Waals surface area contributed by atoms with E-state index in [0.29, 0.717) is 19.0 Å². The molecule has 0 spiro atoms. The van der Waals surface area contributed by atoms with Gasteiger partial charge in [0, 0.05) is 22.6 Å². The lowest BCUT2D eigenvalue weighted by molar-refractivity contribution is -0.121. The Morgan fingerprint density at radius 2 is 1.90 bits per heavy atom. The number of nitrogens with one attached hydrogen (secondary N) is 2. The number of amides is 1. The van der Waals surface area contributed by atoms with Gasteiger partial charge in [-0.25, -0.2) is 0 Å². The molecule has 0 saturated carbocycles. The van der Waals surface area contributed by atoms with E-state index >= 15 is 0 Å². The summed E-state index contributed by atoms with van der Waals surface area (Å²) in [6.45, 7) is 2.76. The van der Waals surface area contributed by atoms with Gasteiger partial charge in [0.25, 0.3) is 0 Å². The van der Waals surface area contributed by atoms with Gasteiger partial charge in [0.05, 0.1) is 0 Å². The van der Waals surface area contributed by atoms with Gasteiger partial charge in [-0.15, -0.1) is 0 Å². The second-order valence-corrected chi connectivity index (χ2v) is 6.43. The maximum atomic E-state index is 11.6. The maximum absolute atomic E-state index is 11.6. The van der Waals surface area contributed by atoms with Crippen molar-refractivity contribution in [1.82, 2.24) is 10.6 Å². The number of halogens is 1. The van der Waals surface area contributed by atoms with Crippen LogP contribution in [-0.4, -0.2) is 25.5 Å². The van der Waals surface area contributed by atoms with E-state index in [0.717, 1.165) is 25.7 Å². The topological polar surface area (TPSA) is 41.1 Å². The molecule has 2 N–H and O–H groups in total. The number of carbonyl (C=O) groups excluding carboxylic acids is 1. The Bertz CT molecular complexity index is 392. The van der Waals surface area contributed by atoms with E-state index in [1.165, 1.54) is 9.13 Å². The number of hydrogen-bond donors (Lipinski definition) is 2. The lowest BCUT2D eigenvalue weighted by Gasteiger charge is -2.11. The molecule has 1 rings (SSSR count). The van der Waals surface area contributed by atoms with Gasteiger partial charge in [-0.05, 0) is 73.5 Å². The van der Waals surface area contributed by atoms with Crippen LogP contribution >= 0.6 is 22.6 Å². The van der Waals surface area contributed by atoms with Crippen LogP contribution < -0.4 is 10.6 Å². The molecule has 3 nitrogen and oxygen atoms in total. The number of hydrogen-bond acceptors (Lipinski definition) is 2. The summed E-state index contributed by atoms with van der Waals surface area (Å²) >= 11 is 2.32. The van der Waals surface area contributed by atoms with Crippen molar-refractivity contribution in [3.63, 3.8) is 0 Å². The first-order chi connectivity index (χ1) is 9.61. The highest BCUT2D eigenvalue weighted by atomic mass is 127. The Kier molecular flexibility index (Phi) is 8.85. The Balaban J connectivity index is 2.04. The minimum Gasteiger partial charge on any atom is -0.355 e. The molecule has 0 aliphatic carbocycles. The molecule has 0 aromatic heterocycles. The normalized spacial score (nSPS) is 12.2. The molecule has 0 aliphatic rings. The Hall–Kier alpha value is -0.620. The van der Waals surface area contributed by atoms with Crippen LogP contribution in [0.1, 0.15) is 38.2 Å². The fourth-order valence-electron chi connectivity index (χ4n) is 1.90.